The topological polar surface area (TPSA) is 54.5 Å². The number of amides is 1. The molecule has 1 atom stereocenters. The summed E-state index contributed by atoms with van der Waals surface area (Å²) >= 11 is 9.68. The number of thioether (sulfide) groups is 1. The minimum atomic E-state index is -3.27. The molecule has 2 heterocycles. The van der Waals surface area contributed by atoms with Gasteiger partial charge in [-0.2, -0.15) is 11.8 Å². The van der Waals surface area contributed by atoms with Crippen LogP contribution in [0.4, 0.5) is 0 Å². The molecule has 1 aromatic heterocycles. The van der Waals surface area contributed by atoms with Crippen molar-refractivity contribution in [2.45, 2.75) is 12.3 Å². The van der Waals surface area contributed by atoms with E-state index in [-0.39, 0.29) is 11.7 Å². The summed E-state index contributed by atoms with van der Waals surface area (Å²) in [5.41, 5.74) is 0.519. The van der Waals surface area contributed by atoms with Crippen molar-refractivity contribution in [1.29, 1.82) is 0 Å². The number of hydrogen-bond donors (Lipinski definition) is 0. The van der Waals surface area contributed by atoms with Gasteiger partial charge in [0.1, 0.15) is 5.37 Å². The van der Waals surface area contributed by atoms with Gasteiger partial charge < -0.3 is 4.90 Å². The fourth-order valence-electron chi connectivity index (χ4n) is 1.94. The van der Waals surface area contributed by atoms with E-state index in [0.29, 0.717) is 17.9 Å². The quantitative estimate of drug-likeness (QED) is 0.691. The van der Waals surface area contributed by atoms with Crippen LogP contribution in [0.2, 0.25) is 0 Å². The van der Waals surface area contributed by atoms with Crippen molar-refractivity contribution in [3.8, 4) is 0 Å². The van der Waals surface area contributed by atoms with E-state index in [1.165, 1.54) is 16.2 Å². The summed E-state index contributed by atoms with van der Waals surface area (Å²) in [5.74, 6) is 1.05. The van der Waals surface area contributed by atoms with Gasteiger partial charge in [-0.15, -0.1) is 11.3 Å². The number of sulfone groups is 1. The van der Waals surface area contributed by atoms with E-state index in [9.17, 15) is 13.2 Å². The number of hydrogen-bond acceptors (Lipinski definition) is 5. The lowest BCUT2D eigenvalue weighted by Crippen LogP contribution is -2.50. The Bertz CT molecular complexity index is 614. The van der Waals surface area contributed by atoms with Gasteiger partial charge >= 0.3 is 0 Å². The molecule has 1 aliphatic rings. The molecular formula is C11H13Br2NO3S3. The molecule has 0 bridgehead atoms. The van der Waals surface area contributed by atoms with Crippen LogP contribution >= 0.6 is 55.0 Å². The van der Waals surface area contributed by atoms with E-state index in [4.69, 9.17) is 0 Å². The van der Waals surface area contributed by atoms with Gasteiger partial charge in [0.25, 0.3) is 5.91 Å². The molecule has 1 aliphatic heterocycles. The number of nitrogens with zero attached hydrogens (tertiary/aromatic N) is 1. The highest BCUT2D eigenvalue weighted by molar-refractivity contribution is 9.12. The van der Waals surface area contributed by atoms with Gasteiger partial charge in [-0.1, -0.05) is 6.92 Å². The predicted molar refractivity (Wildman–Crippen MR) is 91.3 cm³/mol. The minimum absolute atomic E-state index is 0.0521. The predicted octanol–water partition coefficient (Wildman–Crippen LogP) is 3.22. The average Bonchev–Trinajstić information content (AvgIpc) is 2.77. The van der Waals surface area contributed by atoms with Gasteiger partial charge in [-0.25, -0.2) is 8.42 Å². The average molecular weight is 463 g/mol. The Morgan fingerprint density at radius 3 is 2.75 bits per heavy atom. The summed E-state index contributed by atoms with van der Waals surface area (Å²) in [5, 5.41) is -0.718. The van der Waals surface area contributed by atoms with Crippen molar-refractivity contribution in [1.82, 2.24) is 4.90 Å². The lowest BCUT2D eigenvalue weighted by molar-refractivity contribution is 0.0749. The second-order valence-corrected chi connectivity index (χ2v) is 11.6. The number of rotatable bonds is 3. The van der Waals surface area contributed by atoms with Crippen LogP contribution in [-0.2, 0) is 9.84 Å². The molecule has 4 nitrogen and oxygen atoms in total. The molecule has 1 amide bonds. The monoisotopic (exact) mass is 461 g/mol. The number of thiophene rings is 1. The zero-order valence-corrected chi connectivity index (χ0v) is 16.3. The van der Waals surface area contributed by atoms with E-state index >= 15 is 0 Å². The zero-order chi connectivity index (χ0) is 14.9. The van der Waals surface area contributed by atoms with Crippen molar-refractivity contribution in [2.24, 2.45) is 0 Å². The van der Waals surface area contributed by atoms with Crippen molar-refractivity contribution in [2.75, 3.05) is 23.8 Å². The fraction of sp³-hybridized carbons (Fsp3) is 0.545. The SMILES string of the molecule is CCS(=O)(=O)C1CSCCN1C(=O)c1cc(Br)sc1Br. The maximum absolute atomic E-state index is 12.6. The third-order valence-corrected chi connectivity index (χ3v) is 8.68. The summed E-state index contributed by atoms with van der Waals surface area (Å²) < 4.78 is 25.9. The molecule has 2 rings (SSSR count). The van der Waals surface area contributed by atoms with Crippen molar-refractivity contribution >= 4 is 70.7 Å². The highest BCUT2D eigenvalue weighted by atomic mass is 79.9. The second-order valence-electron chi connectivity index (χ2n) is 4.22. The lowest BCUT2D eigenvalue weighted by Gasteiger charge is -2.34. The largest absolute Gasteiger partial charge is 0.320 e. The molecule has 0 aromatic carbocycles. The normalized spacial score (nSPS) is 20.1. The maximum atomic E-state index is 12.6. The molecular weight excluding hydrogens is 450 g/mol. The molecule has 112 valence electrons. The Labute approximate surface area is 143 Å². The highest BCUT2D eigenvalue weighted by Crippen LogP contribution is 2.34. The van der Waals surface area contributed by atoms with Crippen molar-refractivity contribution < 1.29 is 13.2 Å². The standard InChI is InChI=1S/C11H13Br2NO3S3/c1-2-20(16,17)9-6-18-4-3-14(9)11(15)7-5-8(12)19-10(7)13/h5,9H,2-4,6H2,1H3. The molecule has 0 saturated carbocycles. The Balaban J connectivity index is 2.33. The van der Waals surface area contributed by atoms with Gasteiger partial charge in [0, 0.05) is 23.8 Å². The Morgan fingerprint density at radius 2 is 2.20 bits per heavy atom. The van der Waals surface area contributed by atoms with Gasteiger partial charge in [0.2, 0.25) is 0 Å². The maximum Gasteiger partial charge on any atom is 0.257 e. The van der Waals surface area contributed by atoms with E-state index in [1.807, 2.05) is 0 Å². The number of halogens is 2. The van der Waals surface area contributed by atoms with Crippen molar-refractivity contribution in [3.05, 3.63) is 19.2 Å². The third kappa shape index (κ3) is 3.43. The number of carbonyl (C=O) groups excluding carboxylic acids is 1. The molecule has 1 fully saturated rings. The van der Waals surface area contributed by atoms with E-state index in [1.54, 1.807) is 24.8 Å². The van der Waals surface area contributed by atoms with Gasteiger partial charge in [-0.05, 0) is 37.9 Å². The molecule has 1 unspecified atom stereocenters. The molecule has 0 spiro atoms. The van der Waals surface area contributed by atoms with Crippen LogP contribution in [0, 0.1) is 0 Å². The summed E-state index contributed by atoms with van der Waals surface area (Å²) in [6.07, 6.45) is 0. The van der Waals surface area contributed by atoms with Crippen LogP contribution in [0.5, 0.6) is 0 Å². The third-order valence-electron chi connectivity index (χ3n) is 3.05. The highest BCUT2D eigenvalue weighted by Gasteiger charge is 2.36. The van der Waals surface area contributed by atoms with Crippen LogP contribution < -0.4 is 0 Å². The molecule has 1 aromatic rings. The minimum Gasteiger partial charge on any atom is -0.320 e. The molecule has 20 heavy (non-hydrogen) atoms. The van der Waals surface area contributed by atoms with Gasteiger partial charge in [-0.3, -0.25) is 4.79 Å². The first-order valence-electron chi connectivity index (χ1n) is 5.92. The van der Waals surface area contributed by atoms with Gasteiger partial charge in [0.05, 0.1) is 13.1 Å². The summed E-state index contributed by atoms with van der Waals surface area (Å²) in [7, 11) is -3.27. The zero-order valence-electron chi connectivity index (χ0n) is 10.6. The first-order valence-corrected chi connectivity index (χ1v) is 11.2. The summed E-state index contributed by atoms with van der Waals surface area (Å²) in [6, 6.07) is 1.73. The summed E-state index contributed by atoms with van der Waals surface area (Å²) in [4.78, 5) is 14.1. The summed E-state index contributed by atoms with van der Waals surface area (Å²) in [6.45, 7) is 2.08. The fourth-order valence-corrected chi connectivity index (χ4v) is 7.69. The Morgan fingerprint density at radius 1 is 1.50 bits per heavy atom. The van der Waals surface area contributed by atoms with Crippen LogP contribution in [0.15, 0.2) is 13.6 Å². The first kappa shape index (κ1) is 16.8. The van der Waals surface area contributed by atoms with Crippen LogP contribution in [0.25, 0.3) is 0 Å². The molecule has 0 radical (unpaired) electrons. The van der Waals surface area contributed by atoms with Crippen LogP contribution in [-0.4, -0.2) is 48.4 Å². The van der Waals surface area contributed by atoms with E-state index in [0.717, 1.165) is 13.3 Å². The van der Waals surface area contributed by atoms with Gasteiger partial charge in [0.15, 0.2) is 9.84 Å². The van der Waals surface area contributed by atoms with Crippen LogP contribution in [0.1, 0.15) is 17.3 Å². The number of carbonyl (C=O) groups is 1. The lowest BCUT2D eigenvalue weighted by atomic mass is 10.3. The second kappa shape index (κ2) is 6.68. The molecule has 0 aliphatic carbocycles. The Kier molecular flexibility index (Phi) is 5.61. The van der Waals surface area contributed by atoms with Crippen LogP contribution in [0.3, 0.4) is 0 Å². The molecule has 0 N–H and O–H groups in total. The smallest absolute Gasteiger partial charge is 0.257 e. The van der Waals surface area contributed by atoms with Crippen molar-refractivity contribution in [3.63, 3.8) is 0 Å². The van der Waals surface area contributed by atoms with E-state index in [2.05, 4.69) is 31.9 Å². The first-order chi connectivity index (χ1) is 9.36. The van der Waals surface area contributed by atoms with E-state index < -0.39 is 15.2 Å². The Hall–Kier alpha value is 0.430. The molecule has 1 saturated heterocycles. The molecule has 9 heteroatoms.